The first-order valence-electron chi connectivity index (χ1n) is 7.47. The van der Waals surface area contributed by atoms with Crippen LogP contribution in [0.5, 0.6) is 0 Å². The lowest BCUT2D eigenvalue weighted by molar-refractivity contribution is 0.101. The fourth-order valence-electron chi connectivity index (χ4n) is 2.40. The SMILES string of the molecule is O=C(Nc1cccc(-c2nn3cnnc3s2)c1)c1c(F)c(F)c(F)c(F)c1F. The van der Waals surface area contributed by atoms with Crippen LogP contribution in [0.1, 0.15) is 10.4 Å². The molecule has 28 heavy (non-hydrogen) atoms. The van der Waals surface area contributed by atoms with E-state index in [0.29, 0.717) is 15.5 Å². The highest BCUT2D eigenvalue weighted by Gasteiger charge is 2.29. The molecule has 0 atom stereocenters. The zero-order valence-electron chi connectivity index (χ0n) is 13.4. The Kier molecular flexibility index (Phi) is 4.26. The van der Waals surface area contributed by atoms with Crippen molar-refractivity contribution in [2.45, 2.75) is 0 Å². The molecule has 0 saturated heterocycles. The van der Waals surface area contributed by atoms with Crippen molar-refractivity contribution in [1.29, 1.82) is 0 Å². The van der Waals surface area contributed by atoms with Crippen LogP contribution in [0, 0.1) is 29.1 Å². The summed E-state index contributed by atoms with van der Waals surface area (Å²) in [4.78, 5) is 12.7. The molecule has 0 aliphatic carbocycles. The Morgan fingerprint density at radius 1 is 1.00 bits per heavy atom. The third-order valence-electron chi connectivity index (χ3n) is 3.69. The van der Waals surface area contributed by atoms with E-state index in [0.717, 1.165) is 0 Å². The van der Waals surface area contributed by atoms with Gasteiger partial charge in [0.05, 0.1) is 0 Å². The summed E-state index contributed by atoms with van der Waals surface area (Å²) in [5.74, 6) is -12.6. The largest absolute Gasteiger partial charge is 0.322 e. The van der Waals surface area contributed by atoms with Gasteiger partial charge in [-0.3, -0.25) is 4.79 Å². The van der Waals surface area contributed by atoms with E-state index in [2.05, 4.69) is 20.6 Å². The normalized spacial score (nSPS) is 11.2. The van der Waals surface area contributed by atoms with Crippen molar-refractivity contribution in [3.8, 4) is 10.6 Å². The van der Waals surface area contributed by atoms with Crippen LogP contribution in [0.4, 0.5) is 27.6 Å². The number of nitrogens with zero attached hydrogens (tertiary/aromatic N) is 4. The molecule has 0 bridgehead atoms. The first kappa shape index (κ1) is 18.0. The molecular formula is C16H6F5N5OS. The highest BCUT2D eigenvalue weighted by Crippen LogP contribution is 2.28. The predicted octanol–water partition coefficient (Wildman–Crippen LogP) is 3.80. The summed E-state index contributed by atoms with van der Waals surface area (Å²) in [5, 5.41) is 14.4. The summed E-state index contributed by atoms with van der Waals surface area (Å²) in [6, 6.07) is 5.98. The summed E-state index contributed by atoms with van der Waals surface area (Å²) >= 11 is 1.20. The maximum Gasteiger partial charge on any atom is 0.261 e. The van der Waals surface area contributed by atoms with Gasteiger partial charge in [0, 0.05) is 11.3 Å². The molecule has 2 heterocycles. The zero-order chi connectivity index (χ0) is 20.0. The minimum absolute atomic E-state index is 0.0670. The topological polar surface area (TPSA) is 72.2 Å². The van der Waals surface area contributed by atoms with Crippen LogP contribution < -0.4 is 5.32 Å². The highest BCUT2D eigenvalue weighted by molar-refractivity contribution is 7.19. The van der Waals surface area contributed by atoms with Crippen molar-refractivity contribution in [3.63, 3.8) is 0 Å². The Labute approximate surface area is 156 Å². The third kappa shape index (κ3) is 2.87. The van der Waals surface area contributed by atoms with Crippen molar-refractivity contribution in [2.24, 2.45) is 0 Å². The van der Waals surface area contributed by atoms with Crippen LogP contribution in [-0.2, 0) is 0 Å². The number of carbonyl (C=O) groups is 1. The van der Waals surface area contributed by atoms with Crippen LogP contribution in [0.3, 0.4) is 0 Å². The van der Waals surface area contributed by atoms with Crippen molar-refractivity contribution in [2.75, 3.05) is 5.32 Å². The predicted molar refractivity (Wildman–Crippen MR) is 88.3 cm³/mol. The van der Waals surface area contributed by atoms with Crippen LogP contribution in [0.2, 0.25) is 0 Å². The number of amides is 1. The van der Waals surface area contributed by atoms with Crippen molar-refractivity contribution in [1.82, 2.24) is 19.8 Å². The Morgan fingerprint density at radius 2 is 1.68 bits per heavy atom. The second kappa shape index (κ2) is 6.64. The van der Waals surface area contributed by atoms with Crippen molar-refractivity contribution in [3.05, 3.63) is 65.2 Å². The van der Waals surface area contributed by atoms with Gasteiger partial charge in [-0.15, -0.1) is 10.2 Å². The molecule has 0 saturated carbocycles. The lowest BCUT2D eigenvalue weighted by atomic mass is 10.1. The second-order valence-corrected chi connectivity index (χ2v) is 6.40. The Morgan fingerprint density at radius 3 is 2.36 bits per heavy atom. The maximum absolute atomic E-state index is 13.8. The zero-order valence-corrected chi connectivity index (χ0v) is 14.2. The molecule has 0 unspecified atom stereocenters. The van der Waals surface area contributed by atoms with E-state index in [9.17, 15) is 26.7 Å². The van der Waals surface area contributed by atoms with Crippen LogP contribution >= 0.6 is 11.3 Å². The average Bonchev–Trinajstić information content (AvgIpc) is 3.27. The van der Waals surface area contributed by atoms with Gasteiger partial charge >= 0.3 is 0 Å². The lowest BCUT2D eigenvalue weighted by Crippen LogP contribution is -2.19. The van der Waals surface area contributed by atoms with Crippen LogP contribution in [-0.4, -0.2) is 25.7 Å². The molecular weight excluding hydrogens is 405 g/mol. The van der Waals surface area contributed by atoms with Gasteiger partial charge in [-0.05, 0) is 12.1 Å². The summed E-state index contributed by atoms with van der Waals surface area (Å²) in [7, 11) is 0. The first-order chi connectivity index (χ1) is 13.4. The number of rotatable bonds is 3. The van der Waals surface area contributed by atoms with Crippen molar-refractivity contribution >= 4 is 27.9 Å². The van der Waals surface area contributed by atoms with Gasteiger partial charge < -0.3 is 5.32 Å². The molecule has 2 aromatic carbocycles. The lowest BCUT2D eigenvalue weighted by Gasteiger charge is -2.09. The number of benzene rings is 2. The van der Waals surface area contributed by atoms with E-state index < -0.39 is 40.6 Å². The first-order valence-corrected chi connectivity index (χ1v) is 8.28. The molecule has 0 radical (unpaired) electrons. The fourth-order valence-corrected chi connectivity index (χ4v) is 3.22. The molecule has 0 aliphatic rings. The van der Waals surface area contributed by atoms with Crippen LogP contribution in [0.15, 0.2) is 30.6 Å². The number of fused-ring (bicyclic) bond motifs is 1. The third-order valence-corrected chi connectivity index (χ3v) is 4.65. The summed E-state index contributed by atoms with van der Waals surface area (Å²) in [6.07, 6.45) is 1.39. The summed E-state index contributed by atoms with van der Waals surface area (Å²) in [5.41, 5.74) is -0.969. The monoisotopic (exact) mass is 411 g/mol. The standard InChI is InChI=1S/C16H6F5N5OS/c17-9-8(10(18)12(20)13(21)11(9)19)14(27)23-7-3-1-2-6(4-7)15-25-26-5-22-24-16(26)28-15/h1-5H,(H,23,27). The van der Waals surface area contributed by atoms with Gasteiger partial charge in [0.1, 0.15) is 16.9 Å². The number of halogens is 5. The van der Waals surface area contributed by atoms with Gasteiger partial charge in [-0.1, -0.05) is 23.5 Å². The van der Waals surface area contributed by atoms with E-state index in [1.54, 1.807) is 6.07 Å². The minimum atomic E-state index is -2.34. The van der Waals surface area contributed by atoms with E-state index in [1.807, 2.05) is 0 Å². The minimum Gasteiger partial charge on any atom is -0.322 e. The van der Waals surface area contributed by atoms with E-state index >= 15 is 0 Å². The number of anilines is 1. The Hall–Kier alpha value is -3.41. The molecule has 4 aromatic rings. The van der Waals surface area contributed by atoms with Crippen LogP contribution in [0.25, 0.3) is 15.5 Å². The second-order valence-electron chi connectivity index (χ2n) is 5.45. The summed E-state index contributed by atoms with van der Waals surface area (Å²) in [6.45, 7) is 0. The number of hydrogen-bond donors (Lipinski definition) is 1. The van der Waals surface area contributed by atoms with E-state index in [1.165, 1.54) is 40.4 Å². The Balaban J connectivity index is 1.67. The van der Waals surface area contributed by atoms with Crippen molar-refractivity contribution < 1.29 is 26.7 Å². The van der Waals surface area contributed by atoms with Gasteiger partial charge in [0.25, 0.3) is 5.91 Å². The number of aromatic nitrogens is 4. The number of hydrogen-bond acceptors (Lipinski definition) is 5. The quantitative estimate of drug-likeness (QED) is 0.316. The molecule has 0 fully saturated rings. The fraction of sp³-hybridized carbons (Fsp3) is 0. The number of carbonyl (C=O) groups excluding carboxylic acids is 1. The van der Waals surface area contributed by atoms with E-state index in [4.69, 9.17) is 0 Å². The highest BCUT2D eigenvalue weighted by atomic mass is 32.1. The molecule has 0 aliphatic heterocycles. The molecule has 0 spiro atoms. The summed E-state index contributed by atoms with van der Waals surface area (Å²) < 4.78 is 68.7. The molecule has 142 valence electrons. The van der Waals surface area contributed by atoms with Gasteiger partial charge in [0.2, 0.25) is 10.8 Å². The van der Waals surface area contributed by atoms with E-state index in [-0.39, 0.29) is 5.69 Å². The van der Waals surface area contributed by atoms with Gasteiger partial charge in [0.15, 0.2) is 23.3 Å². The Bertz CT molecular complexity index is 1180. The number of nitrogens with one attached hydrogen (secondary N) is 1. The molecule has 6 nitrogen and oxygen atoms in total. The molecule has 1 amide bonds. The molecule has 4 rings (SSSR count). The molecule has 12 heteroatoms. The van der Waals surface area contributed by atoms with Gasteiger partial charge in [-0.25, -0.2) is 22.0 Å². The molecule has 2 aromatic heterocycles. The maximum atomic E-state index is 13.8. The average molecular weight is 411 g/mol. The smallest absolute Gasteiger partial charge is 0.261 e. The molecule has 1 N–H and O–H groups in total. The van der Waals surface area contributed by atoms with Gasteiger partial charge in [-0.2, -0.15) is 9.61 Å².